The summed E-state index contributed by atoms with van der Waals surface area (Å²) in [5, 5.41) is 16.3. The number of methoxy groups -OCH3 is 1. The van der Waals surface area contributed by atoms with E-state index < -0.39 is 0 Å². The lowest BCUT2D eigenvalue weighted by Gasteiger charge is -2.13. The number of aromatic hydroxyl groups is 1. The summed E-state index contributed by atoms with van der Waals surface area (Å²) >= 11 is 0. The van der Waals surface area contributed by atoms with E-state index >= 15 is 0 Å². The number of benzene rings is 1. The van der Waals surface area contributed by atoms with Crippen LogP contribution in [0.3, 0.4) is 0 Å². The number of aliphatic imine (C=N–C) groups is 1. The van der Waals surface area contributed by atoms with Crippen molar-refractivity contribution in [2.45, 2.75) is 27.3 Å². The van der Waals surface area contributed by atoms with Gasteiger partial charge in [0, 0.05) is 18.7 Å². The summed E-state index contributed by atoms with van der Waals surface area (Å²) in [4.78, 5) is 4.47. The number of phenolic OH excluding ortho intramolecular Hbond substituents is 1. The fraction of sp³-hybridized carbons (Fsp3) is 0.533. The SMILES string of the molecule is CCNC(=NCc1cc(OC)ccc1O)NCC(C)C.I. The molecule has 3 N–H and O–H groups in total. The third-order valence-corrected chi connectivity index (χ3v) is 2.72. The van der Waals surface area contributed by atoms with Gasteiger partial charge in [0.1, 0.15) is 11.5 Å². The summed E-state index contributed by atoms with van der Waals surface area (Å²) in [5.41, 5.74) is 0.742. The van der Waals surface area contributed by atoms with Gasteiger partial charge in [0.05, 0.1) is 13.7 Å². The van der Waals surface area contributed by atoms with Crippen LogP contribution < -0.4 is 15.4 Å². The van der Waals surface area contributed by atoms with Crippen LogP contribution in [0.4, 0.5) is 0 Å². The molecule has 0 bridgehead atoms. The minimum absolute atomic E-state index is 0. The molecule has 0 amide bonds. The zero-order valence-corrected chi connectivity index (χ0v) is 15.5. The Labute approximate surface area is 144 Å². The molecule has 120 valence electrons. The summed E-state index contributed by atoms with van der Waals surface area (Å²) in [6.07, 6.45) is 0. The molecule has 0 heterocycles. The first kappa shape index (κ1) is 19.8. The van der Waals surface area contributed by atoms with Crippen molar-refractivity contribution in [2.75, 3.05) is 20.2 Å². The number of hydrogen-bond acceptors (Lipinski definition) is 3. The lowest BCUT2D eigenvalue weighted by molar-refractivity contribution is 0.411. The molecule has 0 aliphatic heterocycles. The van der Waals surface area contributed by atoms with Crippen molar-refractivity contribution in [3.8, 4) is 11.5 Å². The molecular formula is C15H26IN3O2. The Hall–Kier alpha value is -1.18. The van der Waals surface area contributed by atoms with Gasteiger partial charge in [-0.3, -0.25) is 0 Å². The monoisotopic (exact) mass is 407 g/mol. The van der Waals surface area contributed by atoms with Gasteiger partial charge in [-0.05, 0) is 31.0 Å². The number of ether oxygens (including phenoxy) is 1. The van der Waals surface area contributed by atoms with E-state index in [1.807, 2.05) is 6.92 Å². The van der Waals surface area contributed by atoms with E-state index in [1.54, 1.807) is 25.3 Å². The average molecular weight is 407 g/mol. The van der Waals surface area contributed by atoms with E-state index in [0.717, 1.165) is 24.6 Å². The highest BCUT2D eigenvalue weighted by Gasteiger charge is 2.04. The Morgan fingerprint density at radius 1 is 1.33 bits per heavy atom. The quantitative estimate of drug-likeness (QED) is 0.386. The maximum Gasteiger partial charge on any atom is 0.191 e. The standard InChI is InChI=1S/C15H25N3O2.HI/c1-5-16-15(17-9-11(2)3)18-10-12-8-13(20-4)6-7-14(12)19;/h6-8,11,19H,5,9-10H2,1-4H3,(H2,16,17,18);1H. The van der Waals surface area contributed by atoms with Gasteiger partial charge in [0.25, 0.3) is 0 Å². The normalized spacial score (nSPS) is 11.0. The number of halogens is 1. The highest BCUT2D eigenvalue weighted by molar-refractivity contribution is 14.0. The Bertz CT molecular complexity index is 451. The minimum Gasteiger partial charge on any atom is -0.508 e. The van der Waals surface area contributed by atoms with E-state index in [1.165, 1.54) is 0 Å². The molecule has 0 atom stereocenters. The number of hydrogen-bond donors (Lipinski definition) is 3. The van der Waals surface area contributed by atoms with Crippen molar-refractivity contribution in [1.82, 2.24) is 10.6 Å². The predicted octanol–water partition coefficient (Wildman–Crippen LogP) is 2.73. The van der Waals surface area contributed by atoms with Crippen LogP contribution in [0.1, 0.15) is 26.3 Å². The van der Waals surface area contributed by atoms with Gasteiger partial charge in [-0.25, -0.2) is 4.99 Å². The van der Waals surface area contributed by atoms with Crippen LogP contribution in [0, 0.1) is 5.92 Å². The van der Waals surface area contributed by atoms with Crippen LogP contribution in [0.5, 0.6) is 11.5 Å². The number of nitrogens with zero attached hydrogens (tertiary/aromatic N) is 1. The first-order chi connectivity index (χ1) is 9.56. The first-order valence-electron chi connectivity index (χ1n) is 6.94. The van der Waals surface area contributed by atoms with Crippen LogP contribution >= 0.6 is 24.0 Å². The van der Waals surface area contributed by atoms with Gasteiger partial charge >= 0.3 is 0 Å². The topological polar surface area (TPSA) is 65.9 Å². The van der Waals surface area contributed by atoms with Crippen LogP contribution in [-0.4, -0.2) is 31.3 Å². The second-order valence-electron chi connectivity index (χ2n) is 4.96. The lowest BCUT2D eigenvalue weighted by Crippen LogP contribution is -2.39. The van der Waals surface area contributed by atoms with Crippen LogP contribution in [0.15, 0.2) is 23.2 Å². The summed E-state index contributed by atoms with van der Waals surface area (Å²) < 4.78 is 5.15. The van der Waals surface area contributed by atoms with Crippen LogP contribution in [-0.2, 0) is 6.54 Å². The number of guanidine groups is 1. The Morgan fingerprint density at radius 2 is 2.05 bits per heavy atom. The fourth-order valence-electron chi connectivity index (χ4n) is 1.62. The Kier molecular flexibility index (Phi) is 9.94. The molecule has 0 unspecified atom stereocenters. The molecule has 0 aromatic heterocycles. The lowest BCUT2D eigenvalue weighted by atomic mass is 10.2. The Balaban J connectivity index is 0.00000400. The van der Waals surface area contributed by atoms with E-state index in [0.29, 0.717) is 18.2 Å². The zero-order chi connectivity index (χ0) is 15.0. The molecule has 1 aromatic rings. The number of phenols is 1. The first-order valence-corrected chi connectivity index (χ1v) is 6.94. The number of nitrogens with one attached hydrogen (secondary N) is 2. The van der Waals surface area contributed by atoms with Crippen molar-refractivity contribution < 1.29 is 9.84 Å². The van der Waals surface area contributed by atoms with E-state index in [4.69, 9.17) is 4.74 Å². The molecule has 6 heteroatoms. The van der Waals surface area contributed by atoms with Crippen molar-refractivity contribution in [3.63, 3.8) is 0 Å². The summed E-state index contributed by atoms with van der Waals surface area (Å²) in [5.74, 6) is 2.25. The van der Waals surface area contributed by atoms with Gasteiger partial charge in [-0.1, -0.05) is 13.8 Å². The average Bonchev–Trinajstić information content (AvgIpc) is 2.43. The van der Waals surface area contributed by atoms with Gasteiger partial charge in [-0.2, -0.15) is 0 Å². The maximum atomic E-state index is 9.83. The molecule has 0 fully saturated rings. The highest BCUT2D eigenvalue weighted by Crippen LogP contribution is 2.23. The molecule has 1 aromatic carbocycles. The molecule has 21 heavy (non-hydrogen) atoms. The van der Waals surface area contributed by atoms with Crippen molar-refractivity contribution in [1.29, 1.82) is 0 Å². The Morgan fingerprint density at radius 3 is 2.62 bits per heavy atom. The number of rotatable bonds is 6. The van der Waals surface area contributed by atoms with Gasteiger partial charge in [-0.15, -0.1) is 24.0 Å². The summed E-state index contributed by atoms with van der Waals surface area (Å²) in [6, 6.07) is 5.15. The van der Waals surface area contributed by atoms with E-state index in [-0.39, 0.29) is 29.7 Å². The molecule has 0 saturated heterocycles. The molecule has 0 saturated carbocycles. The molecule has 0 radical (unpaired) electrons. The highest BCUT2D eigenvalue weighted by atomic mass is 127. The smallest absolute Gasteiger partial charge is 0.191 e. The van der Waals surface area contributed by atoms with Gasteiger partial charge in [0.15, 0.2) is 5.96 Å². The van der Waals surface area contributed by atoms with Crippen molar-refractivity contribution >= 4 is 29.9 Å². The molecule has 0 aliphatic carbocycles. The minimum atomic E-state index is 0. The molecule has 0 aliphatic rings. The molecule has 1 rings (SSSR count). The van der Waals surface area contributed by atoms with Gasteiger partial charge in [0.2, 0.25) is 0 Å². The second-order valence-corrected chi connectivity index (χ2v) is 4.96. The van der Waals surface area contributed by atoms with Crippen LogP contribution in [0.25, 0.3) is 0 Å². The van der Waals surface area contributed by atoms with Crippen molar-refractivity contribution in [3.05, 3.63) is 23.8 Å². The molecule has 0 spiro atoms. The zero-order valence-electron chi connectivity index (χ0n) is 13.1. The largest absolute Gasteiger partial charge is 0.508 e. The predicted molar refractivity (Wildman–Crippen MR) is 97.7 cm³/mol. The summed E-state index contributed by atoms with van der Waals surface area (Å²) in [7, 11) is 1.60. The summed E-state index contributed by atoms with van der Waals surface area (Å²) in [6.45, 7) is 8.37. The van der Waals surface area contributed by atoms with E-state index in [2.05, 4.69) is 29.5 Å². The third kappa shape index (κ3) is 7.40. The second kappa shape index (κ2) is 10.5. The van der Waals surface area contributed by atoms with Crippen LogP contribution in [0.2, 0.25) is 0 Å². The van der Waals surface area contributed by atoms with E-state index in [9.17, 15) is 5.11 Å². The maximum absolute atomic E-state index is 9.83. The third-order valence-electron chi connectivity index (χ3n) is 2.72. The van der Waals surface area contributed by atoms with Crippen molar-refractivity contribution in [2.24, 2.45) is 10.9 Å². The molecule has 5 nitrogen and oxygen atoms in total. The molecular weight excluding hydrogens is 381 g/mol. The van der Waals surface area contributed by atoms with Gasteiger partial charge < -0.3 is 20.5 Å². The fourth-order valence-corrected chi connectivity index (χ4v) is 1.62.